The summed E-state index contributed by atoms with van der Waals surface area (Å²) < 4.78 is 34.1. The van der Waals surface area contributed by atoms with E-state index in [0.717, 1.165) is 0 Å². The second-order valence-corrected chi connectivity index (χ2v) is 1.22. The third-order valence-electron chi connectivity index (χ3n) is 0. The van der Waals surface area contributed by atoms with E-state index >= 15 is 0 Å². The molecule has 88 valence electrons. The summed E-state index contributed by atoms with van der Waals surface area (Å²) in [7, 11) is -5.17. The molecule has 0 amide bonds. The Morgan fingerprint density at radius 2 is 0.643 bits per heavy atom. The van der Waals surface area contributed by atoms with Crippen LogP contribution >= 0.6 is 0 Å². The third kappa shape index (κ3) is 2310. The summed E-state index contributed by atoms with van der Waals surface area (Å²) in [5, 5.41) is 0. The summed E-state index contributed by atoms with van der Waals surface area (Å²) in [6, 6.07) is 0. The van der Waals surface area contributed by atoms with Crippen LogP contribution in [0.3, 0.4) is 0 Å². The van der Waals surface area contributed by atoms with Crippen molar-refractivity contribution in [3.05, 3.63) is 0 Å². The summed E-state index contributed by atoms with van der Waals surface area (Å²) in [5.41, 5.74) is 0. The van der Waals surface area contributed by atoms with E-state index in [0.29, 0.717) is 0 Å². The van der Waals surface area contributed by atoms with Crippen molar-refractivity contribution < 1.29 is 55.9 Å². The Morgan fingerprint density at radius 1 is 0.643 bits per heavy atom. The van der Waals surface area contributed by atoms with Crippen LogP contribution in [0.4, 0.5) is 0 Å². The van der Waals surface area contributed by atoms with Crippen LogP contribution in [0, 0.1) is 0 Å². The molecule has 0 aromatic rings. The van der Waals surface area contributed by atoms with E-state index in [1.54, 1.807) is 0 Å². The maximum Gasteiger partial charge on any atom is 3.00 e. The fourth-order valence-electron chi connectivity index (χ4n) is 0. The predicted molar refractivity (Wildman–Crippen MR) is 47.3 cm³/mol. The first-order chi connectivity index (χ1) is 2.00. The maximum atomic E-state index is 8.52. The Kier molecular flexibility index (Phi) is 417. The molecule has 0 aliphatic carbocycles. The average Bonchev–Trinajstić information content (AvgIpc) is 0.722. The zero-order valence-corrected chi connectivity index (χ0v) is 10.2. The molecule has 14 heteroatoms. The van der Waals surface area contributed by atoms with Crippen molar-refractivity contribution in [3.63, 3.8) is 0 Å². The quantitative estimate of drug-likeness (QED) is 0.235. The van der Waals surface area contributed by atoms with Gasteiger partial charge in [-0.15, -0.1) is 0 Å². The standard InChI is InChI=1S/Al.Mg.H2O4S.7H2O/c;;1-5(2,3)4;;;;;;;/h;;(H2,1,2,3,4);7*1H2/q+3;+2;;;;;;;;/p-2. The van der Waals surface area contributed by atoms with Gasteiger partial charge in [0.25, 0.3) is 0 Å². The van der Waals surface area contributed by atoms with Crippen LogP contribution in [0.25, 0.3) is 0 Å². The smallest absolute Gasteiger partial charge is 0.759 e. The molecule has 14 N–H and O–H groups in total. The van der Waals surface area contributed by atoms with Gasteiger partial charge in [-0.1, -0.05) is 0 Å². The minimum Gasteiger partial charge on any atom is -0.759 e. The molecule has 0 saturated heterocycles. The molecule has 0 heterocycles. The number of rotatable bonds is 0. The second-order valence-electron chi connectivity index (χ2n) is 0.408. The average molecular weight is 273 g/mol. The number of hydrogen-bond acceptors (Lipinski definition) is 4. The van der Waals surface area contributed by atoms with E-state index in [1.165, 1.54) is 0 Å². The van der Waals surface area contributed by atoms with Gasteiger partial charge in [-0.25, -0.2) is 0 Å². The van der Waals surface area contributed by atoms with Crippen molar-refractivity contribution >= 4 is 50.8 Å². The van der Waals surface area contributed by atoms with Gasteiger partial charge in [-0.3, -0.25) is 8.42 Å². The Morgan fingerprint density at radius 3 is 0.643 bits per heavy atom. The van der Waals surface area contributed by atoms with Crippen molar-refractivity contribution in [2.24, 2.45) is 0 Å². The zero-order chi connectivity index (χ0) is 4.50. The molecule has 0 atom stereocenters. The van der Waals surface area contributed by atoms with E-state index in [2.05, 4.69) is 0 Å². The summed E-state index contributed by atoms with van der Waals surface area (Å²) >= 11 is 0. The maximum absolute atomic E-state index is 8.52. The molecule has 0 bridgehead atoms. The molecule has 0 spiro atoms. The van der Waals surface area contributed by atoms with Crippen LogP contribution in [0.1, 0.15) is 0 Å². The fourth-order valence-corrected chi connectivity index (χ4v) is 0. The Hall–Kier alpha value is 0.889. The van der Waals surface area contributed by atoms with Gasteiger partial charge < -0.3 is 47.4 Å². The van der Waals surface area contributed by atoms with Crippen molar-refractivity contribution in [1.82, 2.24) is 0 Å². The third-order valence-corrected chi connectivity index (χ3v) is 0. The van der Waals surface area contributed by atoms with E-state index < -0.39 is 10.4 Å². The van der Waals surface area contributed by atoms with Crippen molar-refractivity contribution in [2.75, 3.05) is 0 Å². The van der Waals surface area contributed by atoms with Crippen molar-refractivity contribution in [2.45, 2.75) is 0 Å². The number of hydrogen-bond donors (Lipinski definition) is 0. The summed E-state index contributed by atoms with van der Waals surface area (Å²) in [6.07, 6.45) is 0. The van der Waals surface area contributed by atoms with Gasteiger partial charge in [-0.2, -0.15) is 0 Å². The van der Waals surface area contributed by atoms with Gasteiger partial charge in [0, 0.05) is 10.4 Å². The Bertz CT molecular complexity index is 98.5. The Labute approximate surface area is 107 Å². The van der Waals surface area contributed by atoms with Crippen LogP contribution in [0.15, 0.2) is 0 Å². The topological polar surface area (TPSA) is 301 Å². The molecule has 11 nitrogen and oxygen atoms in total. The first-order valence-electron chi connectivity index (χ1n) is 0.667. The molecule has 0 fully saturated rings. The normalized spacial score (nSPS) is 4.14. The molecular formula is H14AlMgO11S+3. The van der Waals surface area contributed by atoms with Gasteiger partial charge >= 0.3 is 40.4 Å². The Balaban J connectivity index is -0.00000000222. The van der Waals surface area contributed by atoms with Gasteiger partial charge in [0.15, 0.2) is 0 Å². The fraction of sp³-hybridized carbons (Fsp3) is 0. The van der Waals surface area contributed by atoms with E-state index in [4.69, 9.17) is 17.5 Å². The molecule has 0 aliphatic heterocycles. The van der Waals surface area contributed by atoms with Crippen LogP contribution in [-0.2, 0) is 10.4 Å². The van der Waals surface area contributed by atoms with E-state index in [9.17, 15) is 0 Å². The van der Waals surface area contributed by atoms with E-state index in [-0.39, 0.29) is 78.7 Å². The van der Waals surface area contributed by atoms with Gasteiger partial charge in [0.1, 0.15) is 0 Å². The first kappa shape index (κ1) is 120. The molecule has 0 radical (unpaired) electrons. The minimum atomic E-state index is -5.17. The molecular weight excluding hydrogens is 259 g/mol. The van der Waals surface area contributed by atoms with Crippen LogP contribution in [0.2, 0.25) is 0 Å². The zero-order valence-electron chi connectivity index (χ0n) is 6.83. The first-order valence-corrected chi connectivity index (χ1v) is 2.00. The van der Waals surface area contributed by atoms with Crippen molar-refractivity contribution in [1.29, 1.82) is 0 Å². The molecule has 14 heavy (non-hydrogen) atoms. The molecule has 0 saturated carbocycles. The van der Waals surface area contributed by atoms with Crippen LogP contribution in [-0.4, -0.2) is 96.3 Å². The molecule has 0 unspecified atom stereocenters. The summed E-state index contributed by atoms with van der Waals surface area (Å²) in [6.45, 7) is 0. The molecule has 0 aromatic carbocycles. The van der Waals surface area contributed by atoms with Gasteiger partial charge in [-0.05, 0) is 0 Å². The van der Waals surface area contributed by atoms with Gasteiger partial charge in [0.2, 0.25) is 0 Å². The molecule has 0 aromatic heterocycles. The molecule has 0 rings (SSSR count). The van der Waals surface area contributed by atoms with Crippen molar-refractivity contribution in [3.8, 4) is 0 Å². The monoisotopic (exact) mass is 273 g/mol. The predicted octanol–water partition coefficient (Wildman–Crippen LogP) is -7.87. The van der Waals surface area contributed by atoms with E-state index in [1.807, 2.05) is 0 Å². The largest absolute Gasteiger partial charge is 3.00 e. The van der Waals surface area contributed by atoms with Crippen LogP contribution in [0.5, 0.6) is 0 Å². The summed E-state index contributed by atoms with van der Waals surface area (Å²) in [4.78, 5) is 0. The molecule has 0 aliphatic rings. The van der Waals surface area contributed by atoms with Crippen LogP contribution < -0.4 is 0 Å². The van der Waals surface area contributed by atoms with Gasteiger partial charge in [0.05, 0.1) is 0 Å². The summed E-state index contributed by atoms with van der Waals surface area (Å²) in [5.74, 6) is 0. The SMILES string of the molecule is O.O.O.O.O.O.O.O=S(=O)([O-])[O-].[Al+3].[Mg+2]. The second kappa shape index (κ2) is 48.6. The minimum absolute atomic E-state index is 0.